The zero-order valence-corrected chi connectivity index (χ0v) is 19.9. The van der Waals surface area contributed by atoms with Crippen LogP contribution >= 0.6 is 11.6 Å². The van der Waals surface area contributed by atoms with Gasteiger partial charge in [-0.25, -0.2) is 9.37 Å². The molecule has 0 aliphatic carbocycles. The Hall–Kier alpha value is -3.19. The molecule has 0 atom stereocenters. The summed E-state index contributed by atoms with van der Waals surface area (Å²) in [7, 11) is 0. The summed E-state index contributed by atoms with van der Waals surface area (Å²) in [5.41, 5.74) is 2.03. The Labute approximate surface area is 198 Å². The summed E-state index contributed by atoms with van der Waals surface area (Å²) < 4.78 is 15.4. The number of rotatable bonds is 8. The second-order valence-corrected chi connectivity index (χ2v) is 9.01. The number of amides is 2. The van der Waals surface area contributed by atoms with Gasteiger partial charge in [-0.1, -0.05) is 69.6 Å². The first-order valence-corrected chi connectivity index (χ1v) is 11.2. The van der Waals surface area contributed by atoms with Crippen LogP contribution in [0.1, 0.15) is 27.7 Å². The van der Waals surface area contributed by atoms with Crippen LogP contribution in [0.2, 0.25) is 5.02 Å². The van der Waals surface area contributed by atoms with Gasteiger partial charge in [-0.3, -0.25) is 19.5 Å². The van der Waals surface area contributed by atoms with Crippen LogP contribution in [0.5, 0.6) is 0 Å². The minimum atomic E-state index is -0.536. The zero-order valence-electron chi connectivity index (χ0n) is 19.2. The van der Waals surface area contributed by atoms with Gasteiger partial charge in [0.15, 0.2) is 0 Å². The van der Waals surface area contributed by atoms with Crippen LogP contribution in [-0.4, -0.2) is 39.4 Å². The van der Waals surface area contributed by atoms with Crippen LogP contribution in [0.3, 0.4) is 0 Å². The van der Waals surface area contributed by atoms with E-state index in [1.165, 1.54) is 12.1 Å². The molecule has 0 spiro atoms. The van der Waals surface area contributed by atoms with Crippen molar-refractivity contribution in [1.82, 2.24) is 14.5 Å². The van der Waals surface area contributed by atoms with E-state index in [9.17, 15) is 14.0 Å². The Balaban J connectivity index is 1.93. The molecule has 0 unspecified atom stereocenters. The van der Waals surface area contributed by atoms with Gasteiger partial charge in [-0.05, 0) is 24.1 Å². The van der Waals surface area contributed by atoms with Crippen molar-refractivity contribution in [3.05, 3.63) is 65.6 Å². The van der Waals surface area contributed by atoms with Crippen LogP contribution in [-0.2, 0) is 9.59 Å². The van der Waals surface area contributed by atoms with Crippen LogP contribution in [0.4, 0.5) is 10.3 Å². The summed E-state index contributed by atoms with van der Waals surface area (Å²) in [5.74, 6) is -0.742. The monoisotopic (exact) mass is 470 g/mol. The molecule has 0 bridgehead atoms. The first kappa shape index (κ1) is 24.5. The number of nitrogens with zero attached hydrogens (tertiary/aromatic N) is 3. The molecule has 3 aromatic rings. The molecule has 0 radical (unpaired) electrons. The van der Waals surface area contributed by atoms with Crippen molar-refractivity contribution >= 4 is 29.4 Å². The van der Waals surface area contributed by atoms with Crippen molar-refractivity contribution in [3.63, 3.8) is 0 Å². The number of carbonyl (C=O) groups is 2. The largest absolute Gasteiger partial charge is 0.333 e. The number of imidazole rings is 1. The van der Waals surface area contributed by atoms with Gasteiger partial charge in [-0.15, -0.1) is 0 Å². The molecular weight excluding hydrogens is 443 g/mol. The van der Waals surface area contributed by atoms with Gasteiger partial charge in [0, 0.05) is 24.2 Å². The van der Waals surface area contributed by atoms with Crippen LogP contribution in [0.25, 0.3) is 16.9 Å². The summed E-state index contributed by atoms with van der Waals surface area (Å²) in [5, 5.41) is 2.78. The van der Waals surface area contributed by atoms with Crippen LogP contribution < -0.4 is 5.32 Å². The van der Waals surface area contributed by atoms with E-state index in [4.69, 9.17) is 11.6 Å². The number of halogens is 2. The fourth-order valence-electron chi connectivity index (χ4n) is 3.42. The second kappa shape index (κ2) is 10.6. The minimum absolute atomic E-state index is 0.0367. The summed E-state index contributed by atoms with van der Waals surface area (Å²) >= 11 is 5.99. The molecule has 1 N–H and O–H groups in total. The first-order chi connectivity index (χ1) is 15.7. The number of benzene rings is 2. The van der Waals surface area contributed by atoms with Gasteiger partial charge in [-0.2, -0.15) is 0 Å². The molecule has 0 aliphatic heterocycles. The van der Waals surface area contributed by atoms with Crippen molar-refractivity contribution in [2.75, 3.05) is 18.4 Å². The fourth-order valence-corrected chi connectivity index (χ4v) is 3.60. The molecule has 3 rings (SSSR count). The van der Waals surface area contributed by atoms with Crippen LogP contribution in [0.15, 0.2) is 54.7 Å². The molecule has 1 aromatic heterocycles. The van der Waals surface area contributed by atoms with Gasteiger partial charge in [0.05, 0.1) is 22.9 Å². The Bertz CT molecular complexity index is 1130. The predicted molar refractivity (Wildman–Crippen MR) is 129 cm³/mol. The smallest absolute Gasteiger partial charge is 0.246 e. The van der Waals surface area contributed by atoms with Gasteiger partial charge in [0.2, 0.25) is 17.8 Å². The summed E-state index contributed by atoms with van der Waals surface area (Å²) in [6, 6.07) is 13.8. The predicted octanol–water partition coefficient (Wildman–Crippen LogP) is 5.41. The topological polar surface area (TPSA) is 67.2 Å². The second-order valence-electron chi connectivity index (χ2n) is 8.60. The number of anilines is 1. The lowest BCUT2D eigenvalue weighted by Gasteiger charge is -2.25. The Morgan fingerprint density at radius 1 is 1.12 bits per heavy atom. The number of hydrogen-bond acceptors (Lipinski definition) is 3. The third kappa shape index (κ3) is 6.20. The molecule has 0 saturated carbocycles. The van der Waals surface area contributed by atoms with Crippen molar-refractivity contribution in [2.45, 2.75) is 27.7 Å². The molecule has 174 valence electrons. The van der Waals surface area contributed by atoms with Gasteiger partial charge in [0.1, 0.15) is 5.82 Å². The highest BCUT2D eigenvalue weighted by Gasteiger charge is 2.22. The van der Waals surface area contributed by atoms with Crippen molar-refractivity contribution < 1.29 is 14.0 Å². The lowest BCUT2D eigenvalue weighted by molar-refractivity contribution is -0.138. The maximum Gasteiger partial charge on any atom is 0.246 e. The minimum Gasteiger partial charge on any atom is -0.333 e. The molecular formula is C25H28ClFN4O2. The first-order valence-electron chi connectivity index (χ1n) is 10.8. The van der Waals surface area contributed by atoms with Crippen molar-refractivity contribution in [3.8, 4) is 16.9 Å². The van der Waals surface area contributed by atoms with Gasteiger partial charge < -0.3 is 4.90 Å². The van der Waals surface area contributed by atoms with E-state index < -0.39 is 5.82 Å². The number of carbonyl (C=O) groups excluding carboxylic acids is 2. The van der Waals surface area contributed by atoms with Crippen LogP contribution in [0, 0.1) is 17.7 Å². The molecule has 8 heteroatoms. The molecule has 2 amide bonds. The maximum absolute atomic E-state index is 13.7. The van der Waals surface area contributed by atoms with E-state index in [2.05, 4.69) is 10.3 Å². The van der Waals surface area contributed by atoms with E-state index in [1.807, 2.05) is 58.0 Å². The highest BCUT2D eigenvalue weighted by atomic mass is 35.5. The third-order valence-electron chi connectivity index (χ3n) is 4.93. The lowest BCUT2D eigenvalue weighted by Crippen LogP contribution is -2.42. The number of aromatic nitrogens is 2. The van der Waals surface area contributed by atoms with Crippen molar-refractivity contribution in [2.24, 2.45) is 11.8 Å². The Kier molecular flexibility index (Phi) is 7.87. The molecule has 0 fully saturated rings. The van der Waals surface area contributed by atoms with Gasteiger partial charge in [0.25, 0.3) is 0 Å². The summed E-state index contributed by atoms with van der Waals surface area (Å²) in [6.45, 7) is 8.00. The average Bonchev–Trinajstić information content (AvgIpc) is 3.18. The summed E-state index contributed by atoms with van der Waals surface area (Å²) in [6.07, 6.45) is 1.75. The molecule has 1 heterocycles. The van der Waals surface area contributed by atoms with Crippen molar-refractivity contribution in [1.29, 1.82) is 0 Å². The van der Waals surface area contributed by atoms with E-state index in [0.29, 0.717) is 17.9 Å². The lowest BCUT2D eigenvalue weighted by atomic mass is 10.1. The average molecular weight is 471 g/mol. The number of hydrogen-bond donors (Lipinski definition) is 1. The van der Waals surface area contributed by atoms with Gasteiger partial charge >= 0.3 is 0 Å². The molecule has 2 aromatic carbocycles. The Morgan fingerprint density at radius 3 is 2.42 bits per heavy atom. The highest BCUT2D eigenvalue weighted by Crippen LogP contribution is 2.26. The SMILES string of the molecule is CC(C)CN(CC(=O)Nc1nc(-c2ccccc2)cn1-c1ccc(F)c(Cl)c1)C(=O)C(C)C. The number of nitrogens with one attached hydrogen (secondary N) is 1. The molecule has 33 heavy (non-hydrogen) atoms. The molecule has 6 nitrogen and oxygen atoms in total. The highest BCUT2D eigenvalue weighted by molar-refractivity contribution is 6.30. The Morgan fingerprint density at radius 2 is 1.82 bits per heavy atom. The normalized spacial score (nSPS) is 11.2. The van der Waals surface area contributed by atoms with E-state index in [-0.39, 0.29) is 41.2 Å². The fraction of sp³-hybridized carbons (Fsp3) is 0.320. The van der Waals surface area contributed by atoms with E-state index in [0.717, 1.165) is 5.56 Å². The third-order valence-corrected chi connectivity index (χ3v) is 5.22. The quantitative estimate of drug-likeness (QED) is 0.478. The molecule has 0 aliphatic rings. The van der Waals surface area contributed by atoms with E-state index in [1.54, 1.807) is 21.7 Å². The summed E-state index contributed by atoms with van der Waals surface area (Å²) in [4.78, 5) is 31.7. The zero-order chi connectivity index (χ0) is 24.1. The van der Waals surface area contributed by atoms with E-state index >= 15 is 0 Å². The standard InChI is InChI=1S/C25H28ClFN4O2/c1-16(2)13-30(24(33)17(3)4)15-23(32)29-25-28-22(18-8-6-5-7-9-18)14-31(25)19-10-11-21(27)20(26)12-19/h5-12,14,16-17H,13,15H2,1-4H3,(H,28,29,32). The molecule has 0 saturated heterocycles. The maximum atomic E-state index is 13.7.